The lowest BCUT2D eigenvalue weighted by Crippen LogP contribution is -2.24. The molecule has 0 aromatic heterocycles. The molecular weight excluding hydrogens is 271 g/mol. The zero-order valence-electron chi connectivity index (χ0n) is 11.5. The maximum Gasteiger partial charge on any atom is 0.573 e. The van der Waals surface area contributed by atoms with Gasteiger partial charge in [-0.05, 0) is 25.1 Å². The van der Waals surface area contributed by atoms with Crippen LogP contribution in [0.2, 0.25) is 0 Å². The van der Waals surface area contributed by atoms with Gasteiger partial charge in [-0.25, -0.2) is 0 Å². The fraction of sp³-hybridized carbons (Fsp3) is 0.500. The van der Waals surface area contributed by atoms with Gasteiger partial charge in [0, 0.05) is 18.0 Å². The molecule has 0 heterocycles. The maximum absolute atomic E-state index is 12.1. The Bertz CT molecular complexity index is 444. The van der Waals surface area contributed by atoms with E-state index in [0.29, 0.717) is 19.0 Å². The first kappa shape index (κ1) is 16.5. The molecule has 112 valence electrons. The third-order valence-electron chi connectivity index (χ3n) is 2.52. The zero-order chi connectivity index (χ0) is 15.2. The van der Waals surface area contributed by atoms with Crippen molar-refractivity contribution >= 4 is 5.78 Å². The van der Waals surface area contributed by atoms with Crippen LogP contribution in [0.4, 0.5) is 13.2 Å². The van der Waals surface area contributed by atoms with Gasteiger partial charge in [-0.15, -0.1) is 13.2 Å². The molecule has 1 N–H and O–H groups in total. The second kappa shape index (κ2) is 7.28. The number of hydrogen-bond acceptors (Lipinski definition) is 3. The topological polar surface area (TPSA) is 38.3 Å². The van der Waals surface area contributed by atoms with Crippen molar-refractivity contribution in [3.8, 4) is 5.75 Å². The van der Waals surface area contributed by atoms with Gasteiger partial charge in [0.2, 0.25) is 0 Å². The highest BCUT2D eigenvalue weighted by Gasteiger charge is 2.31. The van der Waals surface area contributed by atoms with Gasteiger partial charge in [-0.1, -0.05) is 26.0 Å². The van der Waals surface area contributed by atoms with E-state index in [2.05, 4.69) is 10.1 Å². The highest BCUT2D eigenvalue weighted by Crippen LogP contribution is 2.23. The van der Waals surface area contributed by atoms with E-state index >= 15 is 0 Å². The number of rotatable bonds is 7. The summed E-state index contributed by atoms with van der Waals surface area (Å²) in [6.45, 7) is 4.70. The van der Waals surface area contributed by atoms with Gasteiger partial charge in [0.1, 0.15) is 5.75 Å². The highest BCUT2D eigenvalue weighted by molar-refractivity contribution is 5.96. The number of Topliss-reactive ketones (excluding diaryl/α,β-unsaturated/α-hetero) is 1. The third-order valence-corrected chi connectivity index (χ3v) is 2.52. The molecule has 0 spiro atoms. The van der Waals surface area contributed by atoms with Crippen LogP contribution in [0.5, 0.6) is 5.75 Å². The molecule has 6 heteroatoms. The average Bonchev–Trinajstić information content (AvgIpc) is 2.32. The highest BCUT2D eigenvalue weighted by atomic mass is 19.4. The van der Waals surface area contributed by atoms with Gasteiger partial charge < -0.3 is 10.1 Å². The van der Waals surface area contributed by atoms with E-state index in [1.54, 1.807) is 0 Å². The summed E-state index contributed by atoms with van der Waals surface area (Å²) in [4.78, 5) is 11.8. The van der Waals surface area contributed by atoms with Crippen molar-refractivity contribution in [2.24, 2.45) is 0 Å². The molecule has 3 nitrogen and oxygen atoms in total. The standard InChI is InChI=1S/C14H18F3NO2/c1-10(2)18-8-4-7-13(19)11-5-3-6-12(9-11)20-14(15,16)17/h3,5-6,9-10,18H,4,7-8H2,1-2H3. The number of ketones is 1. The molecule has 0 amide bonds. The van der Waals surface area contributed by atoms with Gasteiger partial charge in [0.25, 0.3) is 0 Å². The molecule has 0 aliphatic heterocycles. The van der Waals surface area contributed by atoms with Crippen LogP contribution in [0.25, 0.3) is 0 Å². The molecule has 0 aliphatic carbocycles. The quantitative estimate of drug-likeness (QED) is 0.616. The zero-order valence-corrected chi connectivity index (χ0v) is 11.5. The minimum Gasteiger partial charge on any atom is -0.406 e. The fourth-order valence-electron chi connectivity index (χ4n) is 1.65. The number of ether oxygens (including phenoxy) is 1. The Labute approximate surface area is 116 Å². The number of hydrogen-bond donors (Lipinski definition) is 1. The van der Waals surface area contributed by atoms with Crippen LogP contribution in [0, 0.1) is 0 Å². The molecule has 1 rings (SSSR count). The molecule has 1 aromatic rings. The van der Waals surface area contributed by atoms with E-state index in [9.17, 15) is 18.0 Å². The van der Waals surface area contributed by atoms with Crippen LogP contribution in [0.15, 0.2) is 24.3 Å². The fourth-order valence-corrected chi connectivity index (χ4v) is 1.65. The molecule has 0 unspecified atom stereocenters. The van der Waals surface area contributed by atoms with Crippen molar-refractivity contribution < 1.29 is 22.7 Å². The summed E-state index contributed by atoms with van der Waals surface area (Å²) in [5.41, 5.74) is 0.233. The Morgan fingerprint density at radius 1 is 1.35 bits per heavy atom. The van der Waals surface area contributed by atoms with Crippen LogP contribution in [-0.4, -0.2) is 24.7 Å². The number of alkyl halides is 3. The number of carbonyl (C=O) groups is 1. The number of carbonyl (C=O) groups excluding carboxylic acids is 1. The lowest BCUT2D eigenvalue weighted by molar-refractivity contribution is -0.274. The summed E-state index contributed by atoms with van der Waals surface area (Å²) in [6, 6.07) is 5.49. The normalized spacial score (nSPS) is 11.7. The maximum atomic E-state index is 12.1. The molecule has 0 atom stereocenters. The van der Waals surface area contributed by atoms with E-state index in [-0.39, 0.29) is 23.5 Å². The smallest absolute Gasteiger partial charge is 0.406 e. The van der Waals surface area contributed by atoms with Crippen molar-refractivity contribution in [2.45, 2.75) is 39.1 Å². The van der Waals surface area contributed by atoms with Crippen molar-refractivity contribution in [3.63, 3.8) is 0 Å². The van der Waals surface area contributed by atoms with Crippen LogP contribution in [0.3, 0.4) is 0 Å². The molecule has 0 fully saturated rings. The lowest BCUT2D eigenvalue weighted by Gasteiger charge is -2.10. The van der Waals surface area contributed by atoms with Gasteiger partial charge in [-0.3, -0.25) is 4.79 Å². The molecule has 0 saturated heterocycles. The van der Waals surface area contributed by atoms with Gasteiger partial charge in [0.05, 0.1) is 0 Å². The Morgan fingerprint density at radius 2 is 2.05 bits per heavy atom. The van der Waals surface area contributed by atoms with E-state index in [0.717, 1.165) is 6.07 Å². The van der Waals surface area contributed by atoms with Crippen LogP contribution >= 0.6 is 0 Å². The predicted octanol–water partition coefficient (Wildman–Crippen LogP) is 3.55. The van der Waals surface area contributed by atoms with Crippen molar-refractivity contribution in [1.29, 1.82) is 0 Å². The van der Waals surface area contributed by atoms with Crippen LogP contribution in [-0.2, 0) is 0 Å². The molecule has 0 saturated carbocycles. The van der Waals surface area contributed by atoms with Crippen LogP contribution in [0.1, 0.15) is 37.0 Å². The average molecular weight is 289 g/mol. The van der Waals surface area contributed by atoms with E-state index in [1.807, 2.05) is 13.8 Å². The van der Waals surface area contributed by atoms with Crippen molar-refractivity contribution in [3.05, 3.63) is 29.8 Å². The van der Waals surface area contributed by atoms with Gasteiger partial charge >= 0.3 is 6.36 Å². The van der Waals surface area contributed by atoms with Crippen molar-refractivity contribution in [2.75, 3.05) is 6.54 Å². The monoisotopic (exact) mass is 289 g/mol. The lowest BCUT2D eigenvalue weighted by atomic mass is 10.1. The largest absolute Gasteiger partial charge is 0.573 e. The Morgan fingerprint density at radius 3 is 2.65 bits per heavy atom. The number of nitrogens with one attached hydrogen (secondary N) is 1. The molecular formula is C14H18F3NO2. The molecule has 1 aromatic carbocycles. The Kier molecular flexibility index (Phi) is 6.01. The number of benzene rings is 1. The third kappa shape index (κ3) is 6.56. The summed E-state index contributed by atoms with van der Waals surface area (Å²) < 4.78 is 40.0. The van der Waals surface area contributed by atoms with Gasteiger partial charge in [-0.2, -0.15) is 0 Å². The molecule has 20 heavy (non-hydrogen) atoms. The first-order chi connectivity index (χ1) is 9.28. The molecule has 0 radical (unpaired) electrons. The first-order valence-corrected chi connectivity index (χ1v) is 6.40. The first-order valence-electron chi connectivity index (χ1n) is 6.40. The molecule has 0 aliphatic rings. The summed E-state index contributed by atoms with van der Waals surface area (Å²) >= 11 is 0. The molecule has 0 bridgehead atoms. The second-order valence-electron chi connectivity index (χ2n) is 4.71. The van der Waals surface area contributed by atoms with Crippen molar-refractivity contribution in [1.82, 2.24) is 5.32 Å². The number of halogens is 3. The Hall–Kier alpha value is -1.56. The van der Waals surface area contributed by atoms with Crippen LogP contribution < -0.4 is 10.1 Å². The van der Waals surface area contributed by atoms with Gasteiger partial charge in [0.15, 0.2) is 5.78 Å². The van der Waals surface area contributed by atoms with E-state index in [4.69, 9.17) is 0 Å². The van der Waals surface area contributed by atoms with E-state index < -0.39 is 6.36 Å². The second-order valence-corrected chi connectivity index (χ2v) is 4.71. The summed E-state index contributed by atoms with van der Waals surface area (Å²) in [6.07, 6.45) is -3.82. The predicted molar refractivity (Wildman–Crippen MR) is 69.8 cm³/mol. The SMILES string of the molecule is CC(C)NCCCC(=O)c1cccc(OC(F)(F)F)c1. The summed E-state index contributed by atoms with van der Waals surface area (Å²) in [7, 11) is 0. The minimum absolute atomic E-state index is 0.191. The minimum atomic E-state index is -4.75. The summed E-state index contributed by atoms with van der Waals surface area (Å²) in [5.74, 6) is -0.563. The van der Waals surface area contributed by atoms with E-state index in [1.165, 1.54) is 18.2 Å². The summed E-state index contributed by atoms with van der Waals surface area (Å²) in [5, 5.41) is 3.17. The Balaban J connectivity index is 2.54.